The van der Waals surface area contributed by atoms with Gasteiger partial charge in [-0.25, -0.2) is 0 Å². The summed E-state index contributed by atoms with van der Waals surface area (Å²) in [6.07, 6.45) is 3.99. The third kappa shape index (κ3) is 2.23. The quantitative estimate of drug-likeness (QED) is 0.919. The first-order chi connectivity index (χ1) is 10.3. The van der Waals surface area contributed by atoms with E-state index in [9.17, 15) is 4.79 Å². The van der Waals surface area contributed by atoms with Crippen molar-refractivity contribution in [3.8, 4) is 0 Å². The second-order valence-electron chi connectivity index (χ2n) is 6.12. The van der Waals surface area contributed by atoms with E-state index in [0.29, 0.717) is 6.54 Å². The fourth-order valence-electron chi connectivity index (χ4n) is 3.67. The SMILES string of the molecule is O=C1NCCn2c(CN3CCCCC3)cc3cccc1c32. The van der Waals surface area contributed by atoms with E-state index in [1.807, 2.05) is 12.1 Å². The minimum absolute atomic E-state index is 0.0574. The molecule has 4 nitrogen and oxygen atoms in total. The van der Waals surface area contributed by atoms with E-state index >= 15 is 0 Å². The van der Waals surface area contributed by atoms with Crippen LogP contribution in [0.4, 0.5) is 0 Å². The van der Waals surface area contributed by atoms with Crippen molar-refractivity contribution in [2.45, 2.75) is 32.4 Å². The summed E-state index contributed by atoms with van der Waals surface area (Å²) in [5.41, 5.74) is 3.27. The van der Waals surface area contributed by atoms with Gasteiger partial charge in [0, 0.05) is 30.7 Å². The number of carbonyl (C=O) groups is 1. The monoisotopic (exact) mass is 283 g/mol. The first-order valence-corrected chi connectivity index (χ1v) is 7.94. The van der Waals surface area contributed by atoms with Crippen molar-refractivity contribution in [1.82, 2.24) is 14.8 Å². The number of nitrogens with zero attached hydrogens (tertiary/aromatic N) is 2. The number of hydrogen-bond donors (Lipinski definition) is 1. The number of para-hydroxylation sites is 1. The second kappa shape index (κ2) is 5.19. The summed E-state index contributed by atoms with van der Waals surface area (Å²) in [7, 11) is 0. The zero-order chi connectivity index (χ0) is 14.2. The van der Waals surface area contributed by atoms with Gasteiger partial charge in [-0.3, -0.25) is 9.69 Å². The van der Waals surface area contributed by atoms with Crippen molar-refractivity contribution in [2.75, 3.05) is 19.6 Å². The van der Waals surface area contributed by atoms with Gasteiger partial charge in [-0.15, -0.1) is 0 Å². The number of benzene rings is 1. The summed E-state index contributed by atoms with van der Waals surface area (Å²) in [6, 6.07) is 8.31. The van der Waals surface area contributed by atoms with Gasteiger partial charge in [0.05, 0.1) is 11.1 Å². The van der Waals surface area contributed by atoms with Crippen LogP contribution >= 0.6 is 0 Å². The highest BCUT2D eigenvalue weighted by Crippen LogP contribution is 2.26. The molecule has 1 amide bonds. The summed E-state index contributed by atoms with van der Waals surface area (Å²) >= 11 is 0. The Morgan fingerprint density at radius 2 is 1.95 bits per heavy atom. The molecule has 2 aliphatic heterocycles. The molecule has 1 aromatic heterocycles. The molecule has 0 saturated carbocycles. The van der Waals surface area contributed by atoms with Gasteiger partial charge >= 0.3 is 0 Å². The van der Waals surface area contributed by atoms with Crippen LogP contribution in [-0.4, -0.2) is 35.0 Å². The fraction of sp³-hybridized carbons (Fsp3) is 0.471. The maximum atomic E-state index is 12.2. The highest BCUT2D eigenvalue weighted by Gasteiger charge is 2.21. The Bertz CT molecular complexity index is 683. The number of carbonyl (C=O) groups excluding carboxylic acids is 1. The van der Waals surface area contributed by atoms with Gasteiger partial charge in [0.1, 0.15) is 0 Å². The van der Waals surface area contributed by atoms with Gasteiger partial charge in [0.2, 0.25) is 0 Å². The molecule has 0 unspecified atom stereocenters. The average molecular weight is 283 g/mol. The second-order valence-corrected chi connectivity index (χ2v) is 6.12. The minimum atomic E-state index is 0.0574. The van der Waals surface area contributed by atoms with E-state index in [1.54, 1.807) is 0 Å². The molecule has 0 aliphatic carbocycles. The lowest BCUT2D eigenvalue weighted by molar-refractivity contribution is 0.0956. The van der Waals surface area contributed by atoms with Crippen LogP contribution in [0.15, 0.2) is 24.3 Å². The van der Waals surface area contributed by atoms with Crippen molar-refractivity contribution in [3.63, 3.8) is 0 Å². The molecule has 0 bridgehead atoms. The molecule has 0 atom stereocenters. The van der Waals surface area contributed by atoms with Gasteiger partial charge in [0.25, 0.3) is 5.91 Å². The van der Waals surface area contributed by atoms with E-state index in [-0.39, 0.29) is 5.91 Å². The van der Waals surface area contributed by atoms with Crippen LogP contribution in [0.1, 0.15) is 35.3 Å². The summed E-state index contributed by atoms with van der Waals surface area (Å²) in [6.45, 7) is 4.99. The summed E-state index contributed by atoms with van der Waals surface area (Å²) in [5, 5.41) is 4.19. The first-order valence-electron chi connectivity index (χ1n) is 7.94. The van der Waals surface area contributed by atoms with Crippen molar-refractivity contribution in [2.24, 2.45) is 0 Å². The molecular weight excluding hydrogens is 262 g/mol. The molecule has 1 fully saturated rings. The van der Waals surface area contributed by atoms with Crippen LogP contribution in [0.5, 0.6) is 0 Å². The number of aromatic nitrogens is 1. The van der Waals surface area contributed by atoms with E-state index < -0.39 is 0 Å². The fourth-order valence-corrected chi connectivity index (χ4v) is 3.67. The van der Waals surface area contributed by atoms with E-state index in [2.05, 4.69) is 26.9 Å². The molecule has 0 spiro atoms. The van der Waals surface area contributed by atoms with E-state index in [0.717, 1.165) is 24.2 Å². The number of nitrogens with one attached hydrogen (secondary N) is 1. The minimum Gasteiger partial charge on any atom is -0.350 e. The van der Waals surface area contributed by atoms with Crippen molar-refractivity contribution < 1.29 is 4.79 Å². The summed E-state index contributed by atoms with van der Waals surface area (Å²) in [5.74, 6) is 0.0574. The number of amides is 1. The zero-order valence-corrected chi connectivity index (χ0v) is 12.3. The Morgan fingerprint density at radius 1 is 1.10 bits per heavy atom. The molecule has 1 aromatic carbocycles. The molecule has 1 N–H and O–H groups in total. The molecule has 110 valence electrons. The lowest BCUT2D eigenvalue weighted by Gasteiger charge is -2.26. The number of rotatable bonds is 2. The van der Waals surface area contributed by atoms with E-state index in [4.69, 9.17) is 0 Å². The van der Waals surface area contributed by atoms with Crippen LogP contribution in [-0.2, 0) is 13.1 Å². The third-order valence-electron chi connectivity index (χ3n) is 4.71. The van der Waals surface area contributed by atoms with Gasteiger partial charge < -0.3 is 9.88 Å². The Balaban J connectivity index is 1.77. The molecule has 21 heavy (non-hydrogen) atoms. The molecule has 1 saturated heterocycles. The van der Waals surface area contributed by atoms with Gasteiger partial charge in [0.15, 0.2) is 0 Å². The van der Waals surface area contributed by atoms with Gasteiger partial charge in [-0.05, 0) is 38.1 Å². The summed E-state index contributed by atoms with van der Waals surface area (Å²) < 4.78 is 2.34. The lowest BCUT2D eigenvalue weighted by atomic mass is 10.1. The Kier molecular flexibility index (Phi) is 3.19. The molecule has 4 rings (SSSR count). The molecule has 4 heteroatoms. The molecular formula is C17H21N3O. The zero-order valence-electron chi connectivity index (χ0n) is 12.3. The normalized spacial score (nSPS) is 19.5. The highest BCUT2D eigenvalue weighted by atomic mass is 16.1. The molecule has 2 aliphatic rings. The first kappa shape index (κ1) is 12.9. The molecule has 0 radical (unpaired) electrons. The summed E-state index contributed by atoms with van der Waals surface area (Å²) in [4.78, 5) is 14.7. The topological polar surface area (TPSA) is 37.3 Å². The standard InChI is InChI=1S/C17H21N3O/c21-17-15-6-4-5-13-11-14(12-19-8-2-1-3-9-19)20(16(13)15)10-7-18-17/h4-6,11H,1-3,7-10,12H2,(H,18,21). The average Bonchev–Trinajstić information content (AvgIpc) is 2.75. The lowest BCUT2D eigenvalue weighted by Crippen LogP contribution is -2.30. The van der Waals surface area contributed by atoms with Crippen molar-refractivity contribution in [1.29, 1.82) is 0 Å². The van der Waals surface area contributed by atoms with Crippen LogP contribution in [0.2, 0.25) is 0 Å². The van der Waals surface area contributed by atoms with Crippen LogP contribution in [0.25, 0.3) is 10.9 Å². The third-order valence-corrected chi connectivity index (χ3v) is 4.71. The smallest absolute Gasteiger partial charge is 0.253 e. The van der Waals surface area contributed by atoms with E-state index in [1.165, 1.54) is 43.4 Å². The number of likely N-dealkylation sites (tertiary alicyclic amines) is 1. The van der Waals surface area contributed by atoms with Crippen LogP contribution < -0.4 is 5.32 Å². The maximum Gasteiger partial charge on any atom is 0.253 e. The predicted molar refractivity (Wildman–Crippen MR) is 83.4 cm³/mol. The Hall–Kier alpha value is -1.81. The number of hydrogen-bond acceptors (Lipinski definition) is 2. The Morgan fingerprint density at radius 3 is 2.81 bits per heavy atom. The number of piperidine rings is 1. The van der Waals surface area contributed by atoms with Gasteiger partial charge in [-0.1, -0.05) is 18.6 Å². The van der Waals surface area contributed by atoms with Gasteiger partial charge in [-0.2, -0.15) is 0 Å². The van der Waals surface area contributed by atoms with Crippen molar-refractivity contribution in [3.05, 3.63) is 35.5 Å². The highest BCUT2D eigenvalue weighted by molar-refractivity contribution is 6.06. The van der Waals surface area contributed by atoms with Crippen LogP contribution in [0, 0.1) is 0 Å². The predicted octanol–water partition coefficient (Wildman–Crippen LogP) is 2.37. The molecule has 2 aromatic rings. The van der Waals surface area contributed by atoms with Crippen LogP contribution in [0.3, 0.4) is 0 Å². The largest absolute Gasteiger partial charge is 0.350 e. The van der Waals surface area contributed by atoms with Crippen molar-refractivity contribution >= 4 is 16.8 Å². The Labute approximate surface area is 124 Å². The maximum absolute atomic E-state index is 12.2. The molecule has 3 heterocycles.